The van der Waals surface area contributed by atoms with E-state index in [1.807, 2.05) is 13.0 Å². The molecule has 0 aromatic heterocycles. The number of aliphatic hydroxyl groups excluding tert-OH is 3. The van der Waals surface area contributed by atoms with Gasteiger partial charge in [-0.3, -0.25) is 0 Å². The Morgan fingerprint density at radius 3 is 2.52 bits per heavy atom. The van der Waals surface area contributed by atoms with Gasteiger partial charge in [-0.05, 0) is 25.2 Å². The smallest absolute Gasteiger partial charge is 0.161 e. The highest BCUT2D eigenvalue weighted by atomic mass is 16.6. The van der Waals surface area contributed by atoms with Crippen molar-refractivity contribution < 1.29 is 24.8 Å². The number of hydrogen-bond donors (Lipinski definition) is 3. The van der Waals surface area contributed by atoms with Crippen molar-refractivity contribution in [2.75, 3.05) is 7.11 Å². The molecule has 1 aliphatic heterocycles. The first kappa shape index (κ1) is 15.4. The van der Waals surface area contributed by atoms with Crippen LogP contribution in [0.5, 0.6) is 0 Å². The predicted octanol–water partition coefficient (Wildman–Crippen LogP) is 0.823. The standard InChI is InChI=1S/C16H26O5/c1-8-5-10(20-4)13(18)12-9-7-15(2,3)16(9,11(17)6-8)21-14(12)19/h5,9-14,17-19H,6-7H2,1-4H3/t9-,10-,11+,12-,13+,14-,16-/m1/s1. The molecule has 3 aliphatic rings. The molecule has 3 rings (SSSR count). The molecule has 1 heterocycles. The molecule has 0 unspecified atom stereocenters. The third kappa shape index (κ3) is 1.88. The van der Waals surface area contributed by atoms with Crippen LogP contribution in [0.15, 0.2) is 11.6 Å². The summed E-state index contributed by atoms with van der Waals surface area (Å²) in [5.41, 5.74) is -0.0370. The molecule has 0 aromatic rings. The summed E-state index contributed by atoms with van der Waals surface area (Å²) in [7, 11) is 1.55. The minimum absolute atomic E-state index is 0.0514. The lowest BCUT2D eigenvalue weighted by atomic mass is 9.47. The fourth-order valence-electron chi connectivity index (χ4n) is 4.89. The van der Waals surface area contributed by atoms with Gasteiger partial charge in [-0.25, -0.2) is 0 Å². The van der Waals surface area contributed by atoms with Crippen LogP contribution in [0.3, 0.4) is 0 Å². The summed E-state index contributed by atoms with van der Waals surface area (Å²) in [6.07, 6.45) is 0.0522. The van der Waals surface area contributed by atoms with Gasteiger partial charge >= 0.3 is 0 Å². The van der Waals surface area contributed by atoms with Crippen molar-refractivity contribution in [2.45, 2.75) is 63.8 Å². The largest absolute Gasteiger partial charge is 0.390 e. The van der Waals surface area contributed by atoms with Gasteiger partial charge in [0.2, 0.25) is 0 Å². The van der Waals surface area contributed by atoms with Crippen molar-refractivity contribution in [3.63, 3.8) is 0 Å². The Morgan fingerprint density at radius 1 is 1.29 bits per heavy atom. The van der Waals surface area contributed by atoms with Gasteiger partial charge in [0.15, 0.2) is 6.29 Å². The van der Waals surface area contributed by atoms with Crippen LogP contribution in [0, 0.1) is 17.3 Å². The van der Waals surface area contributed by atoms with E-state index in [-0.39, 0.29) is 11.3 Å². The molecule has 1 saturated heterocycles. The maximum absolute atomic E-state index is 10.8. The van der Waals surface area contributed by atoms with Crippen LogP contribution in [0.2, 0.25) is 0 Å². The second kappa shape index (κ2) is 4.77. The van der Waals surface area contributed by atoms with Crippen LogP contribution < -0.4 is 0 Å². The Morgan fingerprint density at radius 2 is 1.95 bits per heavy atom. The zero-order chi connectivity index (χ0) is 15.6. The monoisotopic (exact) mass is 298 g/mol. The zero-order valence-electron chi connectivity index (χ0n) is 13.1. The van der Waals surface area contributed by atoms with E-state index in [1.54, 1.807) is 7.11 Å². The summed E-state index contributed by atoms with van der Waals surface area (Å²) in [6, 6.07) is 0. The minimum Gasteiger partial charge on any atom is -0.390 e. The van der Waals surface area contributed by atoms with Crippen LogP contribution in [-0.4, -0.2) is 52.6 Å². The first-order valence-electron chi connectivity index (χ1n) is 7.66. The summed E-state index contributed by atoms with van der Waals surface area (Å²) >= 11 is 0. The van der Waals surface area contributed by atoms with Gasteiger partial charge in [-0.2, -0.15) is 0 Å². The number of methoxy groups -OCH3 is 1. The van der Waals surface area contributed by atoms with Crippen LogP contribution in [-0.2, 0) is 9.47 Å². The molecule has 5 nitrogen and oxygen atoms in total. The maximum Gasteiger partial charge on any atom is 0.161 e. The summed E-state index contributed by atoms with van der Waals surface area (Å²) < 4.78 is 11.3. The molecule has 0 radical (unpaired) electrons. The first-order valence-corrected chi connectivity index (χ1v) is 7.66. The van der Waals surface area contributed by atoms with E-state index in [9.17, 15) is 15.3 Å². The van der Waals surface area contributed by atoms with Gasteiger partial charge in [-0.1, -0.05) is 25.5 Å². The fraction of sp³-hybridized carbons (Fsp3) is 0.875. The summed E-state index contributed by atoms with van der Waals surface area (Å²) in [4.78, 5) is 0. The number of rotatable bonds is 1. The van der Waals surface area contributed by atoms with Crippen LogP contribution >= 0.6 is 0 Å². The molecule has 2 aliphatic carbocycles. The minimum atomic E-state index is -1.06. The molecular weight excluding hydrogens is 272 g/mol. The van der Waals surface area contributed by atoms with E-state index in [0.717, 1.165) is 12.0 Å². The van der Waals surface area contributed by atoms with Gasteiger partial charge in [0.25, 0.3) is 0 Å². The average molecular weight is 298 g/mol. The highest BCUT2D eigenvalue weighted by molar-refractivity contribution is 5.24. The van der Waals surface area contributed by atoms with E-state index in [4.69, 9.17) is 9.47 Å². The summed E-state index contributed by atoms with van der Waals surface area (Å²) in [5, 5.41) is 31.8. The third-order valence-corrected chi connectivity index (χ3v) is 5.91. The van der Waals surface area contributed by atoms with Crippen molar-refractivity contribution >= 4 is 0 Å². The zero-order valence-corrected chi connectivity index (χ0v) is 13.1. The molecule has 5 heteroatoms. The second-order valence-electron chi connectivity index (χ2n) is 7.50. The van der Waals surface area contributed by atoms with E-state index < -0.39 is 36.1 Å². The molecule has 21 heavy (non-hydrogen) atoms. The lowest BCUT2D eigenvalue weighted by Gasteiger charge is -2.60. The first-order chi connectivity index (χ1) is 9.74. The number of hydrogen-bond acceptors (Lipinski definition) is 5. The maximum atomic E-state index is 10.8. The van der Waals surface area contributed by atoms with Crippen LogP contribution in [0.4, 0.5) is 0 Å². The predicted molar refractivity (Wildman–Crippen MR) is 76.4 cm³/mol. The van der Waals surface area contributed by atoms with E-state index in [1.165, 1.54) is 0 Å². The summed E-state index contributed by atoms with van der Waals surface area (Å²) in [5.74, 6) is -0.482. The summed E-state index contributed by atoms with van der Waals surface area (Å²) in [6.45, 7) is 6.03. The second-order valence-corrected chi connectivity index (χ2v) is 7.50. The Balaban J connectivity index is 2.07. The molecule has 0 aromatic carbocycles. The van der Waals surface area contributed by atoms with Crippen molar-refractivity contribution in [3.05, 3.63) is 11.6 Å². The normalized spacial score (nSPS) is 52.0. The lowest BCUT2D eigenvalue weighted by molar-refractivity contribution is -0.272. The molecule has 120 valence electrons. The number of ether oxygens (including phenoxy) is 2. The van der Waals surface area contributed by atoms with Gasteiger partial charge in [0.1, 0.15) is 11.7 Å². The molecule has 1 saturated carbocycles. The van der Waals surface area contributed by atoms with Gasteiger partial charge < -0.3 is 24.8 Å². The van der Waals surface area contributed by atoms with E-state index >= 15 is 0 Å². The van der Waals surface area contributed by atoms with Crippen molar-refractivity contribution in [1.29, 1.82) is 0 Å². The fourth-order valence-corrected chi connectivity index (χ4v) is 4.89. The Bertz CT molecular complexity index is 460. The Hall–Kier alpha value is -0.460. The molecule has 7 atom stereocenters. The Kier molecular flexibility index (Phi) is 3.50. The van der Waals surface area contributed by atoms with E-state index in [0.29, 0.717) is 6.42 Å². The van der Waals surface area contributed by atoms with E-state index in [2.05, 4.69) is 13.8 Å². The average Bonchev–Trinajstić information content (AvgIpc) is 2.65. The van der Waals surface area contributed by atoms with Gasteiger partial charge in [0.05, 0.1) is 12.2 Å². The quantitative estimate of drug-likeness (QED) is 0.625. The van der Waals surface area contributed by atoms with Crippen molar-refractivity contribution in [3.8, 4) is 0 Å². The molecular formula is C16H26O5. The molecule has 0 amide bonds. The molecule has 0 spiro atoms. The van der Waals surface area contributed by atoms with Crippen molar-refractivity contribution in [2.24, 2.45) is 17.3 Å². The third-order valence-electron chi connectivity index (χ3n) is 5.91. The van der Waals surface area contributed by atoms with Gasteiger partial charge in [0, 0.05) is 18.9 Å². The molecule has 3 N–H and O–H groups in total. The van der Waals surface area contributed by atoms with Crippen LogP contribution in [0.1, 0.15) is 33.6 Å². The lowest BCUT2D eigenvalue weighted by Crippen LogP contribution is -2.67. The highest BCUT2D eigenvalue weighted by Gasteiger charge is 2.73. The van der Waals surface area contributed by atoms with Crippen LogP contribution in [0.25, 0.3) is 0 Å². The highest BCUT2D eigenvalue weighted by Crippen LogP contribution is 2.66. The van der Waals surface area contributed by atoms with Crippen molar-refractivity contribution in [1.82, 2.24) is 0 Å². The topological polar surface area (TPSA) is 79.2 Å². The SMILES string of the molecule is CO[C@@H]1C=C(C)C[C@H](O)[C@]23O[C@@H](O)[C@@H]([C@H]1O)[C@H]2CC3(C)C. The Labute approximate surface area is 125 Å². The van der Waals surface area contributed by atoms with Gasteiger partial charge in [-0.15, -0.1) is 0 Å². The number of aliphatic hydroxyl groups is 3. The molecule has 2 bridgehead atoms. The molecule has 2 fully saturated rings.